The van der Waals surface area contributed by atoms with Crippen LogP contribution < -0.4 is 0 Å². The normalized spacial score (nSPS) is 12.4. The molecule has 0 fully saturated rings. The summed E-state index contributed by atoms with van der Waals surface area (Å²) in [5.74, 6) is -0.383. The highest BCUT2D eigenvalue weighted by Crippen LogP contribution is 2.23. The molecule has 0 spiro atoms. The molecule has 0 saturated carbocycles. The summed E-state index contributed by atoms with van der Waals surface area (Å²) in [6, 6.07) is 7.81. The number of hydrogen-bond acceptors (Lipinski definition) is 2. The van der Waals surface area contributed by atoms with Crippen LogP contribution in [0, 0.1) is 12.7 Å². The minimum atomic E-state index is -0.742. The van der Waals surface area contributed by atoms with Crippen molar-refractivity contribution >= 4 is 11.6 Å². The number of hydrogen-bond donors (Lipinski definition) is 1. The topological polar surface area (TPSA) is 33.1 Å². The summed E-state index contributed by atoms with van der Waals surface area (Å²) < 4.78 is 12.9. The van der Waals surface area contributed by atoms with Crippen molar-refractivity contribution in [3.8, 4) is 0 Å². The lowest BCUT2D eigenvalue weighted by molar-refractivity contribution is 0.173. The van der Waals surface area contributed by atoms with E-state index in [1.165, 1.54) is 12.1 Å². The molecular formula is C14H13ClFNO. The number of benzene rings is 1. The molecule has 0 aliphatic carbocycles. The van der Waals surface area contributed by atoms with Gasteiger partial charge < -0.3 is 5.11 Å². The molecule has 1 heterocycles. The number of rotatable bonds is 3. The second-order valence-corrected chi connectivity index (χ2v) is 4.62. The second kappa shape index (κ2) is 5.46. The Morgan fingerprint density at radius 1 is 1.33 bits per heavy atom. The highest BCUT2D eigenvalue weighted by Gasteiger charge is 2.12. The highest BCUT2D eigenvalue weighted by molar-refractivity contribution is 6.31. The van der Waals surface area contributed by atoms with E-state index in [1.807, 2.05) is 13.0 Å². The first-order chi connectivity index (χ1) is 8.56. The zero-order chi connectivity index (χ0) is 13.1. The summed E-state index contributed by atoms with van der Waals surface area (Å²) in [6.45, 7) is 1.93. The van der Waals surface area contributed by atoms with Crippen molar-refractivity contribution < 1.29 is 9.50 Å². The number of aliphatic hydroxyl groups excluding tert-OH is 1. The quantitative estimate of drug-likeness (QED) is 0.922. The van der Waals surface area contributed by atoms with E-state index in [2.05, 4.69) is 4.98 Å². The number of aryl methyl sites for hydroxylation is 1. The van der Waals surface area contributed by atoms with Gasteiger partial charge in [0, 0.05) is 17.6 Å². The molecule has 2 aromatic rings. The smallest absolute Gasteiger partial charge is 0.124 e. The van der Waals surface area contributed by atoms with Crippen LogP contribution in [0.5, 0.6) is 0 Å². The predicted molar refractivity (Wildman–Crippen MR) is 69.0 cm³/mol. The van der Waals surface area contributed by atoms with Crippen molar-refractivity contribution in [1.82, 2.24) is 4.98 Å². The lowest BCUT2D eigenvalue weighted by atomic mass is 10.0. The Morgan fingerprint density at radius 3 is 2.72 bits per heavy atom. The average Bonchev–Trinajstić information content (AvgIpc) is 2.33. The van der Waals surface area contributed by atoms with Crippen LogP contribution in [0.4, 0.5) is 4.39 Å². The summed E-state index contributed by atoms with van der Waals surface area (Å²) >= 11 is 5.91. The molecule has 1 N–H and O–H groups in total. The van der Waals surface area contributed by atoms with Crippen molar-refractivity contribution in [1.29, 1.82) is 0 Å². The molecule has 0 radical (unpaired) electrons. The molecule has 1 unspecified atom stereocenters. The van der Waals surface area contributed by atoms with Gasteiger partial charge in [0.2, 0.25) is 0 Å². The fourth-order valence-corrected chi connectivity index (χ4v) is 1.92. The fraction of sp³-hybridized carbons (Fsp3) is 0.214. The maximum Gasteiger partial charge on any atom is 0.124 e. The van der Waals surface area contributed by atoms with Gasteiger partial charge in [-0.2, -0.15) is 0 Å². The van der Waals surface area contributed by atoms with Gasteiger partial charge in [0.1, 0.15) is 5.82 Å². The summed E-state index contributed by atoms with van der Waals surface area (Å²) in [6.07, 6.45) is 1.27. The van der Waals surface area contributed by atoms with E-state index >= 15 is 0 Å². The standard InChI is InChI=1S/C14H13ClFNO/c1-9-2-5-13(17-8-9)14(18)6-10-3-4-11(16)7-12(10)15/h2-5,7-8,14,18H,6H2,1H3. The molecule has 2 nitrogen and oxygen atoms in total. The first-order valence-electron chi connectivity index (χ1n) is 5.61. The molecule has 1 aromatic heterocycles. The van der Waals surface area contributed by atoms with Gasteiger partial charge in [-0.3, -0.25) is 4.98 Å². The van der Waals surface area contributed by atoms with Crippen LogP contribution in [0.25, 0.3) is 0 Å². The summed E-state index contributed by atoms with van der Waals surface area (Å²) in [5, 5.41) is 10.4. The van der Waals surface area contributed by atoms with E-state index in [1.54, 1.807) is 18.3 Å². The molecular weight excluding hydrogens is 253 g/mol. The lowest BCUT2D eigenvalue weighted by Gasteiger charge is -2.11. The van der Waals surface area contributed by atoms with E-state index in [4.69, 9.17) is 11.6 Å². The molecule has 4 heteroatoms. The SMILES string of the molecule is Cc1ccc(C(O)Cc2ccc(F)cc2Cl)nc1. The Morgan fingerprint density at radius 2 is 2.11 bits per heavy atom. The van der Waals surface area contributed by atoms with E-state index in [9.17, 15) is 9.50 Å². The molecule has 0 saturated heterocycles. The highest BCUT2D eigenvalue weighted by atomic mass is 35.5. The van der Waals surface area contributed by atoms with Gasteiger partial charge in [0.05, 0.1) is 11.8 Å². The Balaban J connectivity index is 2.15. The molecule has 0 aliphatic heterocycles. The van der Waals surface area contributed by atoms with Crippen molar-refractivity contribution in [2.45, 2.75) is 19.4 Å². The van der Waals surface area contributed by atoms with Gasteiger partial charge in [-0.15, -0.1) is 0 Å². The van der Waals surface area contributed by atoms with E-state index in [0.29, 0.717) is 22.7 Å². The molecule has 0 aliphatic rings. The first-order valence-corrected chi connectivity index (χ1v) is 5.98. The molecule has 1 aromatic carbocycles. The van der Waals surface area contributed by atoms with Gasteiger partial charge >= 0.3 is 0 Å². The largest absolute Gasteiger partial charge is 0.386 e. The third-order valence-electron chi connectivity index (χ3n) is 2.70. The number of pyridine rings is 1. The van der Waals surface area contributed by atoms with E-state index < -0.39 is 6.10 Å². The summed E-state index contributed by atoms with van der Waals surface area (Å²) in [5.41, 5.74) is 2.32. The zero-order valence-electron chi connectivity index (χ0n) is 9.90. The van der Waals surface area contributed by atoms with Crippen LogP contribution in [-0.4, -0.2) is 10.1 Å². The first kappa shape index (κ1) is 13.0. The number of aromatic nitrogens is 1. The number of aliphatic hydroxyl groups is 1. The van der Waals surface area contributed by atoms with Crippen LogP contribution >= 0.6 is 11.6 Å². The molecule has 94 valence electrons. The van der Waals surface area contributed by atoms with Gasteiger partial charge in [-0.05, 0) is 36.2 Å². The zero-order valence-corrected chi connectivity index (χ0v) is 10.7. The van der Waals surface area contributed by atoms with Gasteiger partial charge in [-0.25, -0.2) is 4.39 Å². The van der Waals surface area contributed by atoms with E-state index in [-0.39, 0.29) is 5.82 Å². The van der Waals surface area contributed by atoms with Crippen molar-refractivity contribution in [2.24, 2.45) is 0 Å². The Bertz CT molecular complexity index is 542. The van der Waals surface area contributed by atoms with Crippen LogP contribution in [0.1, 0.15) is 22.9 Å². The lowest BCUT2D eigenvalue weighted by Crippen LogP contribution is -2.04. The summed E-state index contributed by atoms with van der Waals surface area (Å²) in [7, 11) is 0. The number of nitrogens with zero attached hydrogens (tertiary/aromatic N) is 1. The van der Waals surface area contributed by atoms with E-state index in [0.717, 1.165) is 5.56 Å². The Kier molecular flexibility index (Phi) is 3.94. The second-order valence-electron chi connectivity index (χ2n) is 4.22. The molecule has 0 bridgehead atoms. The Labute approximate surface area is 110 Å². The molecule has 18 heavy (non-hydrogen) atoms. The molecule has 1 atom stereocenters. The van der Waals surface area contributed by atoms with Gasteiger partial charge in [0.15, 0.2) is 0 Å². The van der Waals surface area contributed by atoms with Gasteiger partial charge in [0.25, 0.3) is 0 Å². The fourth-order valence-electron chi connectivity index (χ4n) is 1.68. The summed E-state index contributed by atoms with van der Waals surface area (Å²) in [4.78, 5) is 4.15. The minimum Gasteiger partial charge on any atom is -0.386 e. The minimum absolute atomic E-state index is 0.315. The molecule has 2 rings (SSSR count). The monoisotopic (exact) mass is 265 g/mol. The van der Waals surface area contributed by atoms with Crippen LogP contribution in [-0.2, 0) is 6.42 Å². The van der Waals surface area contributed by atoms with Crippen LogP contribution in [0.15, 0.2) is 36.5 Å². The third-order valence-corrected chi connectivity index (χ3v) is 3.06. The number of halogens is 2. The van der Waals surface area contributed by atoms with Crippen molar-refractivity contribution in [3.05, 3.63) is 64.2 Å². The molecule has 0 amide bonds. The Hall–Kier alpha value is -1.45. The predicted octanol–water partition coefficient (Wildman–Crippen LogP) is 3.46. The average molecular weight is 266 g/mol. The maximum absolute atomic E-state index is 12.9. The van der Waals surface area contributed by atoms with Gasteiger partial charge in [-0.1, -0.05) is 23.7 Å². The van der Waals surface area contributed by atoms with Crippen LogP contribution in [0.2, 0.25) is 5.02 Å². The third kappa shape index (κ3) is 3.06. The maximum atomic E-state index is 12.9. The van der Waals surface area contributed by atoms with Crippen molar-refractivity contribution in [3.63, 3.8) is 0 Å². The van der Waals surface area contributed by atoms with Crippen LogP contribution in [0.3, 0.4) is 0 Å². The van der Waals surface area contributed by atoms with Crippen molar-refractivity contribution in [2.75, 3.05) is 0 Å².